The Bertz CT molecular complexity index is 219. The number of nitrogens with zero attached hydrogens (tertiary/aromatic N) is 1. The van der Waals surface area contributed by atoms with Crippen LogP contribution in [0.5, 0.6) is 0 Å². The lowest BCUT2D eigenvalue weighted by Crippen LogP contribution is -1.81. The van der Waals surface area contributed by atoms with Gasteiger partial charge in [0, 0.05) is 6.42 Å². The lowest BCUT2D eigenvalue weighted by molar-refractivity contribution is 0.595. The molecule has 1 aromatic heterocycles. The maximum atomic E-state index is 11.1. The number of aromatic nitrogens is 1. The van der Waals surface area contributed by atoms with Gasteiger partial charge in [0.25, 0.3) is 0 Å². The zero-order valence-corrected chi connectivity index (χ0v) is 7.07. The van der Waals surface area contributed by atoms with Crippen molar-refractivity contribution in [1.29, 1.82) is 0 Å². The predicted octanol–water partition coefficient (Wildman–Crippen LogP) is 1.93. The summed E-state index contributed by atoms with van der Waals surface area (Å²) >= 11 is 0. The average Bonchev–Trinajstić information content (AvgIpc) is 2.30. The summed E-state index contributed by atoms with van der Waals surface area (Å²) in [6.45, 7) is 3.99. The molecule has 1 atom stereocenters. The first-order valence-corrected chi connectivity index (χ1v) is 4.68. The van der Waals surface area contributed by atoms with Crippen molar-refractivity contribution in [2.45, 2.75) is 26.7 Å². The van der Waals surface area contributed by atoms with Gasteiger partial charge in [-0.1, -0.05) is 13.8 Å². The van der Waals surface area contributed by atoms with Crippen LogP contribution in [0.15, 0.2) is 5.38 Å². The standard InChI is InChI=1S/C7H11NOS/c1-3-6-5-10(9)7(4-2)8-6/h5H,3-4H2,1-2H3. The molecule has 0 spiro atoms. The molecule has 0 aliphatic carbocycles. The zero-order valence-electron chi connectivity index (χ0n) is 6.26. The molecule has 1 unspecified atom stereocenters. The summed E-state index contributed by atoms with van der Waals surface area (Å²) in [5.74, 6) is 0. The molecule has 2 nitrogen and oxygen atoms in total. The van der Waals surface area contributed by atoms with Crippen molar-refractivity contribution in [2.24, 2.45) is 0 Å². The van der Waals surface area contributed by atoms with Gasteiger partial charge < -0.3 is 4.55 Å². The molecule has 0 fully saturated rings. The highest BCUT2D eigenvalue weighted by Crippen LogP contribution is 2.20. The van der Waals surface area contributed by atoms with E-state index in [1.165, 1.54) is 0 Å². The molecule has 0 saturated heterocycles. The summed E-state index contributed by atoms with van der Waals surface area (Å²) in [6, 6.07) is 0. The zero-order chi connectivity index (χ0) is 7.56. The Labute approximate surface area is 63.7 Å². The normalized spacial score (nSPS) is 12.1. The quantitative estimate of drug-likeness (QED) is 0.615. The monoisotopic (exact) mass is 157 g/mol. The van der Waals surface area contributed by atoms with Gasteiger partial charge in [-0.3, -0.25) is 0 Å². The summed E-state index contributed by atoms with van der Waals surface area (Å²) in [5.41, 5.74) is 0.968. The van der Waals surface area contributed by atoms with Gasteiger partial charge in [-0.05, 0) is 17.2 Å². The first-order chi connectivity index (χ1) is 4.77. The number of rotatable bonds is 2. The molecule has 0 radical (unpaired) electrons. The van der Waals surface area contributed by atoms with Crippen molar-refractivity contribution < 1.29 is 4.55 Å². The predicted molar refractivity (Wildman–Crippen MR) is 41.6 cm³/mol. The van der Waals surface area contributed by atoms with Crippen molar-refractivity contribution in [2.75, 3.05) is 0 Å². The first-order valence-electron chi connectivity index (χ1n) is 3.46. The smallest absolute Gasteiger partial charge is 0.241 e. The molecular weight excluding hydrogens is 146 g/mol. The van der Waals surface area contributed by atoms with E-state index in [9.17, 15) is 4.55 Å². The molecule has 0 N–H and O–H groups in total. The Morgan fingerprint density at radius 3 is 2.50 bits per heavy atom. The van der Waals surface area contributed by atoms with E-state index in [1.807, 2.05) is 13.8 Å². The maximum Gasteiger partial charge on any atom is 0.241 e. The highest BCUT2D eigenvalue weighted by atomic mass is 32.2. The molecule has 0 amide bonds. The summed E-state index contributed by atoms with van der Waals surface area (Å²) in [6.07, 6.45) is 1.68. The number of aryl methyl sites for hydroxylation is 2. The minimum atomic E-state index is -0.903. The topological polar surface area (TPSA) is 36.0 Å². The van der Waals surface area contributed by atoms with E-state index < -0.39 is 10.8 Å². The van der Waals surface area contributed by atoms with Crippen LogP contribution < -0.4 is 0 Å². The minimum Gasteiger partial charge on any atom is -0.589 e. The van der Waals surface area contributed by atoms with Crippen molar-refractivity contribution in [1.82, 2.24) is 4.98 Å². The van der Waals surface area contributed by atoms with E-state index in [0.29, 0.717) is 0 Å². The van der Waals surface area contributed by atoms with Crippen LogP contribution in [0, 0.1) is 0 Å². The van der Waals surface area contributed by atoms with Crippen LogP contribution in [0.4, 0.5) is 0 Å². The molecule has 0 saturated carbocycles. The van der Waals surface area contributed by atoms with Crippen molar-refractivity contribution >= 4 is 10.8 Å². The van der Waals surface area contributed by atoms with Gasteiger partial charge in [0.05, 0.1) is 5.69 Å². The Hall–Kier alpha value is -0.410. The Kier molecular flexibility index (Phi) is 2.40. The van der Waals surface area contributed by atoms with E-state index >= 15 is 0 Å². The van der Waals surface area contributed by atoms with Crippen LogP contribution >= 0.6 is 10.8 Å². The van der Waals surface area contributed by atoms with Gasteiger partial charge in [-0.25, -0.2) is 4.98 Å². The number of hydrogen-bond donors (Lipinski definition) is 0. The molecule has 0 aliphatic heterocycles. The van der Waals surface area contributed by atoms with Crippen molar-refractivity contribution in [3.05, 3.63) is 16.1 Å². The van der Waals surface area contributed by atoms with Gasteiger partial charge in [-0.2, -0.15) is 0 Å². The fourth-order valence-corrected chi connectivity index (χ4v) is 1.90. The maximum absolute atomic E-state index is 11.1. The summed E-state index contributed by atoms with van der Waals surface area (Å²) < 4.78 is 11.1. The van der Waals surface area contributed by atoms with Gasteiger partial charge in [-0.15, -0.1) is 0 Å². The Morgan fingerprint density at radius 2 is 2.20 bits per heavy atom. The van der Waals surface area contributed by atoms with Crippen LogP contribution in [-0.2, 0) is 12.8 Å². The van der Waals surface area contributed by atoms with Gasteiger partial charge in [0.2, 0.25) is 5.01 Å². The lowest BCUT2D eigenvalue weighted by atomic mass is 10.4. The average molecular weight is 157 g/mol. The second-order valence-electron chi connectivity index (χ2n) is 2.12. The second kappa shape index (κ2) is 3.12. The summed E-state index contributed by atoms with van der Waals surface area (Å²) in [7, 11) is -0.903. The third kappa shape index (κ3) is 1.36. The highest BCUT2D eigenvalue weighted by Gasteiger charge is 2.07. The molecule has 3 heteroatoms. The van der Waals surface area contributed by atoms with E-state index in [4.69, 9.17) is 0 Å². The largest absolute Gasteiger partial charge is 0.589 e. The van der Waals surface area contributed by atoms with Crippen molar-refractivity contribution in [3.8, 4) is 0 Å². The molecular formula is C7H11NOS. The van der Waals surface area contributed by atoms with E-state index in [-0.39, 0.29) is 0 Å². The third-order valence-corrected chi connectivity index (χ3v) is 2.74. The SMILES string of the molecule is CCc1c[s+]([O-])c(CC)n1. The van der Waals surface area contributed by atoms with Crippen LogP contribution in [0.2, 0.25) is 0 Å². The molecule has 1 rings (SSSR count). The number of thiazole rings is 1. The second-order valence-corrected chi connectivity index (χ2v) is 3.42. The van der Waals surface area contributed by atoms with E-state index in [0.717, 1.165) is 23.5 Å². The van der Waals surface area contributed by atoms with Gasteiger partial charge >= 0.3 is 0 Å². The first kappa shape index (κ1) is 7.69. The van der Waals surface area contributed by atoms with E-state index in [1.54, 1.807) is 5.38 Å². The summed E-state index contributed by atoms with van der Waals surface area (Å²) in [5, 5.41) is 2.55. The Balaban J connectivity index is 2.92. The van der Waals surface area contributed by atoms with Crippen LogP contribution in [0.1, 0.15) is 24.5 Å². The van der Waals surface area contributed by atoms with Crippen LogP contribution in [0.3, 0.4) is 0 Å². The van der Waals surface area contributed by atoms with Gasteiger partial charge in [0.1, 0.15) is 0 Å². The van der Waals surface area contributed by atoms with Gasteiger partial charge in [0.15, 0.2) is 5.38 Å². The minimum absolute atomic E-state index is 0.798. The third-order valence-electron chi connectivity index (χ3n) is 1.41. The van der Waals surface area contributed by atoms with E-state index in [2.05, 4.69) is 4.98 Å². The molecule has 56 valence electrons. The molecule has 1 heterocycles. The Morgan fingerprint density at radius 1 is 1.50 bits per heavy atom. The van der Waals surface area contributed by atoms with Crippen LogP contribution in [-0.4, -0.2) is 9.54 Å². The molecule has 10 heavy (non-hydrogen) atoms. The fourth-order valence-electron chi connectivity index (χ4n) is 0.807. The lowest BCUT2D eigenvalue weighted by Gasteiger charge is -1.86. The molecule has 0 aliphatic rings. The van der Waals surface area contributed by atoms with Crippen molar-refractivity contribution in [3.63, 3.8) is 0 Å². The highest BCUT2D eigenvalue weighted by molar-refractivity contribution is 7.23. The molecule has 0 bridgehead atoms. The molecule has 1 aromatic rings. The summed E-state index contributed by atoms with van der Waals surface area (Å²) in [4.78, 5) is 4.18. The van der Waals surface area contributed by atoms with Crippen LogP contribution in [0.25, 0.3) is 0 Å². The number of hydrogen-bond acceptors (Lipinski definition) is 2. The molecule has 0 aromatic carbocycles. The fraction of sp³-hybridized carbons (Fsp3) is 0.571.